The van der Waals surface area contributed by atoms with Gasteiger partial charge in [-0.15, -0.1) is 0 Å². The minimum absolute atomic E-state index is 0.149. The summed E-state index contributed by atoms with van der Waals surface area (Å²) in [5, 5.41) is 4.07. The summed E-state index contributed by atoms with van der Waals surface area (Å²) in [7, 11) is 1.40. The molecule has 136 valence electrons. The van der Waals surface area contributed by atoms with Crippen LogP contribution in [0.4, 0.5) is 0 Å². The third-order valence-corrected chi connectivity index (χ3v) is 3.96. The standard InChI is InChI=1S/C17H15ClN2O5S/c1-24-14-4-3-12(18)8-13(14)17(23)20-19-15(21)9-25-16(22)5-2-11-6-7-26-10-11/h2-8,10H,9H2,1H3,(H,19,21)(H,20,23)/b5-2+. The van der Waals surface area contributed by atoms with Crippen LogP contribution in [0.5, 0.6) is 5.75 Å². The van der Waals surface area contributed by atoms with E-state index in [-0.39, 0.29) is 5.56 Å². The molecule has 0 radical (unpaired) electrons. The van der Waals surface area contributed by atoms with Gasteiger partial charge in [-0.1, -0.05) is 11.6 Å². The van der Waals surface area contributed by atoms with Gasteiger partial charge in [-0.2, -0.15) is 11.3 Å². The molecule has 0 bridgehead atoms. The number of amides is 2. The first-order valence-corrected chi connectivity index (χ1v) is 8.61. The van der Waals surface area contributed by atoms with Crippen LogP contribution in [0.25, 0.3) is 6.08 Å². The highest BCUT2D eigenvalue weighted by Gasteiger charge is 2.14. The Labute approximate surface area is 158 Å². The molecule has 1 heterocycles. The molecule has 0 unspecified atom stereocenters. The van der Waals surface area contributed by atoms with Crippen LogP contribution in [0.3, 0.4) is 0 Å². The topological polar surface area (TPSA) is 93.7 Å². The Hall–Kier alpha value is -2.84. The number of benzene rings is 1. The summed E-state index contributed by atoms with van der Waals surface area (Å²) in [5.74, 6) is -1.70. The number of hydrogen-bond donors (Lipinski definition) is 2. The lowest BCUT2D eigenvalue weighted by Gasteiger charge is -2.10. The Morgan fingerprint density at radius 2 is 2.04 bits per heavy atom. The third kappa shape index (κ3) is 5.91. The number of halogens is 1. The number of hydrogen-bond acceptors (Lipinski definition) is 6. The van der Waals surface area contributed by atoms with E-state index in [2.05, 4.69) is 10.9 Å². The summed E-state index contributed by atoms with van der Waals surface area (Å²) in [5.41, 5.74) is 5.34. The van der Waals surface area contributed by atoms with Gasteiger partial charge in [0.2, 0.25) is 0 Å². The number of nitrogens with one attached hydrogen (secondary N) is 2. The molecular formula is C17H15ClN2O5S. The van der Waals surface area contributed by atoms with E-state index in [0.717, 1.165) is 5.56 Å². The zero-order chi connectivity index (χ0) is 18.9. The third-order valence-electron chi connectivity index (χ3n) is 3.02. The number of carbonyl (C=O) groups is 3. The van der Waals surface area contributed by atoms with E-state index >= 15 is 0 Å². The maximum Gasteiger partial charge on any atom is 0.331 e. The fourth-order valence-electron chi connectivity index (χ4n) is 1.81. The van der Waals surface area contributed by atoms with Crippen molar-refractivity contribution in [3.63, 3.8) is 0 Å². The van der Waals surface area contributed by atoms with Gasteiger partial charge in [0.15, 0.2) is 6.61 Å². The highest BCUT2D eigenvalue weighted by Crippen LogP contribution is 2.22. The lowest BCUT2D eigenvalue weighted by molar-refractivity contribution is -0.144. The van der Waals surface area contributed by atoms with Crippen molar-refractivity contribution in [2.75, 3.05) is 13.7 Å². The van der Waals surface area contributed by atoms with Crippen LogP contribution in [-0.4, -0.2) is 31.5 Å². The van der Waals surface area contributed by atoms with E-state index in [9.17, 15) is 14.4 Å². The molecule has 0 spiro atoms. The molecule has 2 N–H and O–H groups in total. The van der Waals surface area contributed by atoms with Crippen molar-refractivity contribution < 1.29 is 23.9 Å². The molecule has 2 aromatic rings. The Bertz CT molecular complexity index is 821. The van der Waals surface area contributed by atoms with Crippen LogP contribution in [-0.2, 0) is 14.3 Å². The summed E-state index contributed by atoms with van der Waals surface area (Å²) < 4.78 is 9.83. The number of ether oxygens (including phenoxy) is 2. The number of esters is 1. The lowest BCUT2D eigenvalue weighted by Crippen LogP contribution is -2.43. The van der Waals surface area contributed by atoms with E-state index in [1.54, 1.807) is 12.1 Å². The molecule has 1 aromatic carbocycles. The predicted octanol–water partition coefficient (Wildman–Crippen LogP) is 2.43. The van der Waals surface area contributed by atoms with Gasteiger partial charge in [-0.05, 0) is 46.7 Å². The maximum absolute atomic E-state index is 12.1. The molecule has 1 aromatic heterocycles. The number of methoxy groups -OCH3 is 1. The first kappa shape index (κ1) is 19.5. The normalized spacial score (nSPS) is 10.4. The van der Waals surface area contributed by atoms with Crippen LogP contribution in [0, 0.1) is 0 Å². The Kier molecular flexibility index (Phi) is 7.19. The number of hydrazine groups is 1. The van der Waals surface area contributed by atoms with Crippen molar-refractivity contribution in [3.05, 3.63) is 57.3 Å². The first-order chi connectivity index (χ1) is 12.5. The van der Waals surface area contributed by atoms with Gasteiger partial charge in [-0.3, -0.25) is 20.4 Å². The summed E-state index contributed by atoms with van der Waals surface area (Å²) in [6.45, 7) is -0.542. The number of rotatable bonds is 6. The highest BCUT2D eigenvalue weighted by atomic mass is 35.5. The second kappa shape index (κ2) is 9.59. The van der Waals surface area contributed by atoms with Gasteiger partial charge in [0, 0.05) is 11.1 Å². The van der Waals surface area contributed by atoms with Crippen molar-refractivity contribution in [1.82, 2.24) is 10.9 Å². The molecule has 2 rings (SSSR count). The quantitative estimate of drug-likeness (QED) is 0.446. The van der Waals surface area contributed by atoms with E-state index in [0.29, 0.717) is 10.8 Å². The summed E-state index contributed by atoms with van der Waals surface area (Å²) in [4.78, 5) is 35.2. The average molecular weight is 395 g/mol. The van der Waals surface area contributed by atoms with E-state index < -0.39 is 24.4 Å². The Morgan fingerprint density at radius 1 is 1.23 bits per heavy atom. The first-order valence-electron chi connectivity index (χ1n) is 7.29. The molecule has 0 aliphatic rings. The SMILES string of the molecule is COc1ccc(Cl)cc1C(=O)NNC(=O)COC(=O)/C=C/c1ccsc1. The van der Waals surface area contributed by atoms with Crippen LogP contribution < -0.4 is 15.6 Å². The van der Waals surface area contributed by atoms with E-state index in [1.165, 1.54) is 36.7 Å². The largest absolute Gasteiger partial charge is 0.496 e. The van der Waals surface area contributed by atoms with Crippen LogP contribution in [0.2, 0.25) is 5.02 Å². The molecule has 0 fully saturated rings. The molecule has 26 heavy (non-hydrogen) atoms. The lowest BCUT2D eigenvalue weighted by atomic mass is 10.2. The van der Waals surface area contributed by atoms with Gasteiger partial charge in [0.05, 0.1) is 12.7 Å². The number of carbonyl (C=O) groups excluding carboxylic acids is 3. The van der Waals surface area contributed by atoms with Crippen molar-refractivity contribution in [1.29, 1.82) is 0 Å². The summed E-state index contributed by atoms with van der Waals surface area (Å²) in [6.07, 6.45) is 2.79. The molecule has 9 heteroatoms. The van der Waals surface area contributed by atoms with Crippen LogP contribution in [0.1, 0.15) is 15.9 Å². The predicted molar refractivity (Wildman–Crippen MR) is 97.9 cm³/mol. The monoisotopic (exact) mass is 394 g/mol. The molecule has 0 saturated carbocycles. The van der Waals surface area contributed by atoms with Crippen LogP contribution >= 0.6 is 22.9 Å². The van der Waals surface area contributed by atoms with Gasteiger partial charge >= 0.3 is 5.97 Å². The summed E-state index contributed by atoms with van der Waals surface area (Å²) in [6, 6.07) is 6.33. The molecule has 0 atom stereocenters. The van der Waals surface area contributed by atoms with Gasteiger partial charge in [0.25, 0.3) is 11.8 Å². The Morgan fingerprint density at radius 3 is 2.73 bits per heavy atom. The smallest absolute Gasteiger partial charge is 0.331 e. The molecular weight excluding hydrogens is 380 g/mol. The van der Waals surface area contributed by atoms with E-state index in [4.69, 9.17) is 21.1 Å². The van der Waals surface area contributed by atoms with Crippen molar-refractivity contribution in [3.8, 4) is 5.75 Å². The second-order valence-electron chi connectivity index (χ2n) is 4.84. The highest BCUT2D eigenvalue weighted by molar-refractivity contribution is 7.08. The number of thiophene rings is 1. The average Bonchev–Trinajstić information content (AvgIpc) is 3.16. The van der Waals surface area contributed by atoms with Gasteiger partial charge < -0.3 is 9.47 Å². The fraction of sp³-hybridized carbons (Fsp3) is 0.118. The minimum Gasteiger partial charge on any atom is -0.496 e. The molecule has 7 nitrogen and oxygen atoms in total. The molecule has 0 saturated heterocycles. The van der Waals surface area contributed by atoms with Crippen molar-refractivity contribution >= 4 is 46.8 Å². The van der Waals surface area contributed by atoms with Crippen molar-refractivity contribution in [2.24, 2.45) is 0 Å². The fourth-order valence-corrected chi connectivity index (χ4v) is 2.61. The zero-order valence-corrected chi connectivity index (χ0v) is 15.2. The van der Waals surface area contributed by atoms with Crippen molar-refractivity contribution in [2.45, 2.75) is 0 Å². The van der Waals surface area contributed by atoms with Crippen LogP contribution in [0.15, 0.2) is 41.1 Å². The summed E-state index contributed by atoms with van der Waals surface area (Å²) >= 11 is 7.34. The second-order valence-corrected chi connectivity index (χ2v) is 6.06. The minimum atomic E-state index is -0.698. The Balaban J connectivity index is 1.79. The molecule has 0 aliphatic heterocycles. The van der Waals surface area contributed by atoms with Gasteiger partial charge in [0.1, 0.15) is 5.75 Å². The molecule has 2 amide bonds. The maximum atomic E-state index is 12.1. The van der Waals surface area contributed by atoms with Gasteiger partial charge in [-0.25, -0.2) is 4.79 Å². The molecule has 0 aliphatic carbocycles. The van der Waals surface area contributed by atoms with E-state index in [1.807, 2.05) is 16.8 Å². The zero-order valence-electron chi connectivity index (χ0n) is 13.7.